The lowest BCUT2D eigenvalue weighted by molar-refractivity contribution is 0.204. The van der Waals surface area contributed by atoms with Crippen molar-refractivity contribution in [3.8, 4) is 5.75 Å². The largest absolute Gasteiger partial charge is 0.493 e. The molecule has 0 aliphatic carbocycles. The van der Waals surface area contributed by atoms with Crippen LogP contribution in [0.2, 0.25) is 0 Å². The standard InChI is InChI=1S/C14H22N2O4S/c1-4-15-14(17)16(2)9-6-10-20-12-7-5-8-13(11-12)21(3,18)19/h5,7-8,11H,4,6,9-10H2,1-3H3,(H,15,17). The fourth-order valence-electron chi connectivity index (χ4n) is 1.67. The number of hydrogen-bond acceptors (Lipinski definition) is 4. The number of carbonyl (C=O) groups excluding carboxylic acids is 1. The maximum atomic E-state index is 11.5. The van der Waals surface area contributed by atoms with E-state index in [1.807, 2.05) is 6.92 Å². The number of hydrogen-bond donors (Lipinski definition) is 1. The second-order valence-electron chi connectivity index (χ2n) is 4.71. The number of urea groups is 1. The Morgan fingerprint density at radius 1 is 1.38 bits per heavy atom. The number of sulfone groups is 1. The van der Waals surface area contributed by atoms with E-state index in [-0.39, 0.29) is 10.9 Å². The fraction of sp³-hybridized carbons (Fsp3) is 0.500. The summed E-state index contributed by atoms with van der Waals surface area (Å²) in [5.41, 5.74) is 0. The van der Waals surface area contributed by atoms with Crippen LogP contribution in [0.4, 0.5) is 4.79 Å². The molecule has 6 nitrogen and oxygen atoms in total. The molecule has 0 fully saturated rings. The lowest BCUT2D eigenvalue weighted by Crippen LogP contribution is -2.37. The topological polar surface area (TPSA) is 75.7 Å². The van der Waals surface area contributed by atoms with E-state index in [1.165, 1.54) is 12.1 Å². The Morgan fingerprint density at radius 3 is 2.71 bits per heavy atom. The Kier molecular flexibility index (Phi) is 6.48. The predicted molar refractivity (Wildman–Crippen MR) is 81.4 cm³/mol. The summed E-state index contributed by atoms with van der Waals surface area (Å²) in [6, 6.07) is 6.28. The Morgan fingerprint density at radius 2 is 2.10 bits per heavy atom. The first kappa shape index (κ1) is 17.3. The SMILES string of the molecule is CCNC(=O)N(C)CCCOc1cccc(S(C)(=O)=O)c1. The summed E-state index contributed by atoms with van der Waals surface area (Å²) in [7, 11) is -1.51. The number of amides is 2. The molecule has 0 heterocycles. The number of ether oxygens (including phenoxy) is 1. The average Bonchev–Trinajstić information content (AvgIpc) is 2.43. The molecule has 0 spiro atoms. The van der Waals surface area contributed by atoms with Crippen LogP contribution in [0, 0.1) is 0 Å². The van der Waals surface area contributed by atoms with Gasteiger partial charge in [0.05, 0.1) is 11.5 Å². The summed E-state index contributed by atoms with van der Waals surface area (Å²) in [5.74, 6) is 0.513. The molecule has 1 aromatic carbocycles. The Bertz CT molecular complexity index is 572. The Hall–Kier alpha value is -1.76. The van der Waals surface area contributed by atoms with Crippen molar-refractivity contribution in [2.45, 2.75) is 18.2 Å². The minimum absolute atomic E-state index is 0.114. The number of rotatable bonds is 7. The quantitative estimate of drug-likeness (QED) is 0.774. The van der Waals surface area contributed by atoms with Gasteiger partial charge in [-0.2, -0.15) is 0 Å². The summed E-state index contributed by atoms with van der Waals surface area (Å²) < 4.78 is 28.4. The first-order valence-electron chi connectivity index (χ1n) is 6.76. The molecule has 21 heavy (non-hydrogen) atoms. The summed E-state index contributed by atoms with van der Waals surface area (Å²) in [6.45, 7) is 3.44. The van der Waals surface area contributed by atoms with E-state index in [2.05, 4.69) is 5.32 Å². The van der Waals surface area contributed by atoms with Gasteiger partial charge >= 0.3 is 6.03 Å². The van der Waals surface area contributed by atoms with Gasteiger partial charge in [0.1, 0.15) is 5.75 Å². The van der Waals surface area contributed by atoms with Crippen molar-refractivity contribution < 1.29 is 17.9 Å². The fourth-order valence-corrected chi connectivity index (χ4v) is 2.33. The lowest BCUT2D eigenvalue weighted by atomic mass is 10.3. The zero-order chi connectivity index (χ0) is 15.9. The van der Waals surface area contributed by atoms with E-state index >= 15 is 0 Å². The monoisotopic (exact) mass is 314 g/mol. The van der Waals surface area contributed by atoms with Crippen LogP contribution in [-0.2, 0) is 9.84 Å². The molecule has 7 heteroatoms. The van der Waals surface area contributed by atoms with Crippen LogP contribution in [0.15, 0.2) is 29.2 Å². The highest BCUT2D eigenvalue weighted by Gasteiger charge is 2.08. The molecule has 0 aliphatic heterocycles. The average molecular weight is 314 g/mol. The molecule has 0 aliphatic rings. The van der Waals surface area contributed by atoms with Gasteiger partial charge in [-0.25, -0.2) is 13.2 Å². The van der Waals surface area contributed by atoms with Crippen molar-refractivity contribution in [1.82, 2.24) is 10.2 Å². The molecule has 118 valence electrons. The van der Waals surface area contributed by atoms with Crippen molar-refractivity contribution in [1.29, 1.82) is 0 Å². The molecule has 0 radical (unpaired) electrons. The van der Waals surface area contributed by atoms with Gasteiger partial charge in [-0.05, 0) is 31.5 Å². The van der Waals surface area contributed by atoms with Crippen LogP contribution < -0.4 is 10.1 Å². The van der Waals surface area contributed by atoms with Crippen LogP contribution in [0.25, 0.3) is 0 Å². The summed E-state index contributed by atoms with van der Waals surface area (Å²) in [5, 5.41) is 2.71. The first-order valence-corrected chi connectivity index (χ1v) is 8.65. The molecule has 0 bridgehead atoms. The number of nitrogens with one attached hydrogen (secondary N) is 1. The predicted octanol–water partition coefficient (Wildman–Crippen LogP) is 1.52. The van der Waals surface area contributed by atoms with Crippen LogP contribution in [0.3, 0.4) is 0 Å². The molecule has 0 saturated heterocycles. The third kappa shape index (κ3) is 6.03. The molecule has 0 aromatic heterocycles. The molecule has 0 atom stereocenters. The van der Waals surface area contributed by atoms with Gasteiger partial charge in [0.25, 0.3) is 0 Å². The maximum Gasteiger partial charge on any atom is 0.317 e. The molecule has 0 saturated carbocycles. The highest BCUT2D eigenvalue weighted by molar-refractivity contribution is 7.90. The van der Waals surface area contributed by atoms with Gasteiger partial charge < -0.3 is 15.0 Å². The summed E-state index contributed by atoms with van der Waals surface area (Å²) in [4.78, 5) is 13.3. The first-order chi connectivity index (χ1) is 9.84. The van der Waals surface area contributed by atoms with E-state index in [0.717, 1.165) is 6.26 Å². The molecular formula is C14H22N2O4S. The lowest BCUT2D eigenvalue weighted by Gasteiger charge is -2.17. The molecule has 1 N–H and O–H groups in total. The van der Waals surface area contributed by atoms with Gasteiger partial charge in [0, 0.05) is 26.4 Å². The number of nitrogens with zero attached hydrogens (tertiary/aromatic N) is 1. The third-order valence-electron chi connectivity index (χ3n) is 2.81. The highest BCUT2D eigenvalue weighted by Crippen LogP contribution is 2.17. The molecule has 1 rings (SSSR count). The molecule has 2 amide bonds. The number of carbonyl (C=O) groups is 1. The van der Waals surface area contributed by atoms with E-state index in [1.54, 1.807) is 24.1 Å². The van der Waals surface area contributed by atoms with Crippen LogP contribution in [0.1, 0.15) is 13.3 Å². The minimum atomic E-state index is -3.23. The van der Waals surface area contributed by atoms with Crippen LogP contribution in [-0.4, -0.2) is 52.3 Å². The zero-order valence-electron chi connectivity index (χ0n) is 12.6. The molecule has 0 unspecified atom stereocenters. The maximum absolute atomic E-state index is 11.5. The second-order valence-corrected chi connectivity index (χ2v) is 6.72. The van der Waals surface area contributed by atoms with Gasteiger partial charge in [-0.15, -0.1) is 0 Å². The van der Waals surface area contributed by atoms with E-state index in [9.17, 15) is 13.2 Å². The normalized spacial score (nSPS) is 11.0. The Labute approximate surface area is 126 Å². The minimum Gasteiger partial charge on any atom is -0.493 e. The van der Waals surface area contributed by atoms with E-state index < -0.39 is 9.84 Å². The second kappa shape index (κ2) is 7.87. The zero-order valence-corrected chi connectivity index (χ0v) is 13.4. The summed E-state index contributed by atoms with van der Waals surface area (Å²) >= 11 is 0. The van der Waals surface area contributed by atoms with Gasteiger partial charge in [-0.1, -0.05) is 6.07 Å². The van der Waals surface area contributed by atoms with E-state index in [0.29, 0.717) is 31.9 Å². The van der Waals surface area contributed by atoms with Crippen LogP contribution in [0.5, 0.6) is 5.75 Å². The molecular weight excluding hydrogens is 292 g/mol. The van der Waals surface area contributed by atoms with Gasteiger partial charge in [-0.3, -0.25) is 0 Å². The Balaban J connectivity index is 2.41. The van der Waals surface area contributed by atoms with Crippen molar-refractivity contribution in [3.05, 3.63) is 24.3 Å². The smallest absolute Gasteiger partial charge is 0.317 e. The van der Waals surface area contributed by atoms with Crippen molar-refractivity contribution >= 4 is 15.9 Å². The third-order valence-corrected chi connectivity index (χ3v) is 3.93. The van der Waals surface area contributed by atoms with Crippen LogP contribution >= 0.6 is 0 Å². The van der Waals surface area contributed by atoms with Gasteiger partial charge in [0.2, 0.25) is 0 Å². The highest BCUT2D eigenvalue weighted by atomic mass is 32.2. The van der Waals surface area contributed by atoms with E-state index in [4.69, 9.17) is 4.74 Å². The van der Waals surface area contributed by atoms with Crippen molar-refractivity contribution in [2.75, 3.05) is 33.0 Å². The van der Waals surface area contributed by atoms with Crippen molar-refractivity contribution in [2.24, 2.45) is 0 Å². The molecule has 1 aromatic rings. The number of benzene rings is 1. The summed E-state index contributed by atoms with van der Waals surface area (Å²) in [6.07, 6.45) is 1.82. The van der Waals surface area contributed by atoms with Crippen molar-refractivity contribution in [3.63, 3.8) is 0 Å². The van der Waals surface area contributed by atoms with Gasteiger partial charge in [0.15, 0.2) is 9.84 Å².